The summed E-state index contributed by atoms with van der Waals surface area (Å²) in [5, 5.41) is 20.5. The Morgan fingerprint density at radius 2 is 0.474 bits per heavy atom. The molecule has 15 rings (SSSR count). The van der Waals surface area contributed by atoms with Gasteiger partial charge in [0.2, 0.25) is 0 Å². The second kappa shape index (κ2) is 18.4. The number of hydrogen-bond donors (Lipinski definition) is 0. The second-order valence-corrected chi connectivity index (χ2v) is 20.9. The zero-order chi connectivity index (χ0) is 51.8. The molecule has 15 aromatic rings. The largest absolute Gasteiger partial charge is 0.310 e. The SMILES string of the molecule is Cc1ccc(C=Cc2ccc(N(c3ccccc3)c3ccc4c5cccc6c5c(c5cccc3c45)c3cccc4c5ccc(N(c7ccccc7)c7ccc(C=Cc8ccc(C)cc8)cc7)c7cccc(c75)c6c43)cc2)cc1. The maximum atomic E-state index is 2.43. The minimum atomic E-state index is 1.11. The van der Waals surface area contributed by atoms with Crippen molar-refractivity contribution in [1.29, 1.82) is 0 Å². The van der Waals surface area contributed by atoms with E-state index in [9.17, 15) is 0 Å². The molecule has 0 unspecified atom stereocenters. The number of rotatable bonds is 10. The van der Waals surface area contributed by atoms with E-state index in [2.05, 4.69) is 303 Å². The molecule has 0 bridgehead atoms. The highest BCUT2D eigenvalue weighted by Crippen LogP contribution is 2.53. The van der Waals surface area contributed by atoms with Gasteiger partial charge in [-0.2, -0.15) is 0 Å². The third-order valence-electron chi connectivity index (χ3n) is 16.2. The third-order valence-corrected chi connectivity index (χ3v) is 16.2. The maximum absolute atomic E-state index is 2.43. The molecule has 0 aliphatic rings. The molecule has 78 heavy (non-hydrogen) atoms. The van der Waals surface area contributed by atoms with Gasteiger partial charge in [0.05, 0.1) is 11.4 Å². The third kappa shape index (κ3) is 7.40. The molecule has 0 spiro atoms. The smallest absolute Gasteiger partial charge is 0.0540 e. The lowest BCUT2D eigenvalue weighted by atomic mass is 9.81. The van der Waals surface area contributed by atoms with Crippen LogP contribution in [0.25, 0.3) is 110 Å². The van der Waals surface area contributed by atoms with E-state index in [1.54, 1.807) is 0 Å². The molecular weight excluding hydrogens is 941 g/mol. The van der Waals surface area contributed by atoms with Crippen LogP contribution in [0.5, 0.6) is 0 Å². The Morgan fingerprint density at radius 3 is 0.833 bits per heavy atom. The Morgan fingerprint density at radius 1 is 0.205 bits per heavy atom. The molecule has 0 N–H and O–H groups in total. The lowest BCUT2D eigenvalue weighted by Crippen LogP contribution is -2.10. The van der Waals surface area contributed by atoms with Crippen molar-refractivity contribution in [1.82, 2.24) is 0 Å². The van der Waals surface area contributed by atoms with Crippen LogP contribution in [0.3, 0.4) is 0 Å². The highest BCUT2D eigenvalue weighted by atomic mass is 15.1. The first-order valence-corrected chi connectivity index (χ1v) is 27.1. The van der Waals surface area contributed by atoms with Crippen molar-refractivity contribution in [2.24, 2.45) is 0 Å². The summed E-state index contributed by atoms with van der Waals surface area (Å²) < 4.78 is 0. The van der Waals surface area contributed by atoms with E-state index in [1.807, 2.05) is 0 Å². The van der Waals surface area contributed by atoms with Crippen LogP contribution in [0.4, 0.5) is 34.1 Å². The van der Waals surface area contributed by atoms with E-state index in [1.165, 1.54) is 108 Å². The number of benzene rings is 15. The fourth-order valence-corrected chi connectivity index (χ4v) is 12.6. The molecule has 0 aliphatic heterocycles. The molecule has 0 saturated heterocycles. The van der Waals surface area contributed by atoms with Crippen molar-refractivity contribution in [2.45, 2.75) is 13.8 Å². The summed E-state index contributed by atoms with van der Waals surface area (Å²) in [5.74, 6) is 0. The first-order valence-electron chi connectivity index (χ1n) is 27.1. The number of aryl methyl sites for hydroxylation is 2. The molecular formula is C76H52N2. The number of hydrogen-bond acceptors (Lipinski definition) is 2. The van der Waals surface area contributed by atoms with Crippen LogP contribution in [0.1, 0.15) is 33.4 Å². The first kappa shape index (κ1) is 45.4. The zero-order valence-corrected chi connectivity index (χ0v) is 43.5. The van der Waals surface area contributed by atoms with Crippen LogP contribution >= 0.6 is 0 Å². The van der Waals surface area contributed by atoms with Gasteiger partial charge in [-0.15, -0.1) is 0 Å². The van der Waals surface area contributed by atoms with Crippen molar-refractivity contribution in [3.8, 4) is 0 Å². The predicted molar refractivity (Wildman–Crippen MR) is 338 cm³/mol. The Kier molecular flexibility index (Phi) is 10.7. The topological polar surface area (TPSA) is 6.48 Å². The van der Waals surface area contributed by atoms with Crippen LogP contribution in [0.15, 0.2) is 255 Å². The van der Waals surface area contributed by atoms with Gasteiger partial charge in [-0.1, -0.05) is 230 Å². The predicted octanol–water partition coefficient (Wildman–Crippen LogP) is 21.7. The Balaban J connectivity index is 0.917. The molecule has 0 aromatic heterocycles. The van der Waals surface area contributed by atoms with Gasteiger partial charge in [0.15, 0.2) is 0 Å². The van der Waals surface area contributed by atoms with E-state index in [4.69, 9.17) is 0 Å². The Bertz CT molecular complexity index is 4490. The monoisotopic (exact) mass is 992 g/mol. The maximum Gasteiger partial charge on any atom is 0.0540 e. The fraction of sp³-hybridized carbons (Fsp3) is 0.0263. The average molecular weight is 993 g/mol. The van der Waals surface area contributed by atoms with Crippen LogP contribution in [0, 0.1) is 13.8 Å². The minimum absolute atomic E-state index is 1.11. The molecule has 0 saturated carbocycles. The second-order valence-electron chi connectivity index (χ2n) is 20.9. The van der Waals surface area contributed by atoms with E-state index in [0.29, 0.717) is 0 Å². The normalized spacial score (nSPS) is 12.1. The van der Waals surface area contributed by atoms with E-state index in [-0.39, 0.29) is 0 Å². The van der Waals surface area contributed by atoms with E-state index < -0.39 is 0 Å². The number of fused-ring (bicyclic) bond motifs is 6. The minimum Gasteiger partial charge on any atom is -0.310 e. The molecule has 2 heteroatoms. The number of para-hydroxylation sites is 2. The van der Waals surface area contributed by atoms with Gasteiger partial charge in [-0.25, -0.2) is 0 Å². The van der Waals surface area contributed by atoms with E-state index in [0.717, 1.165) is 45.3 Å². The average Bonchev–Trinajstić information content (AvgIpc) is 3.66. The number of nitrogens with zero attached hydrogens (tertiary/aromatic N) is 2. The molecule has 0 aliphatic carbocycles. The summed E-state index contributed by atoms with van der Waals surface area (Å²) in [6.45, 7) is 4.26. The molecule has 0 atom stereocenters. The fourth-order valence-electron chi connectivity index (χ4n) is 12.6. The standard InChI is InChI=1S/C76H52N2/c1-49-25-29-51(30-26-49)33-35-53-37-41-57(42-38-53)77(55-13-5-3-6-14-55)69-47-45-61-59-17-9-24-68-73(59)75(65-21-11-19-63(69)71(61)65)67-23-10-18-60-62-46-48-70(64-20-12-22-66(72(62)64)76(68)74(60)67)78(56-15-7-4-8-16-56)58-43-39-54(40-44-58)36-34-52-31-27-50(2)28-32-52/h3-48H,1-2H3. The summed E-state index contributed by atoms with van der Waals surface area (Å²) in [6.07, 6.45) is 8.78. The van der Waals surface area contributed by atoms with Gasteiger partial charge in [0, 0.05) is 33.5 Å². The van der Waals surface area contributed by atoms with Crippen molar-refractivity contribution in [2.75, 3.05) is 9.80 Å². The first-order chi connectivity index (χ1) is 38.5. The quantitative estimate of drug-likeness (QED) is 0.0765. The molecule has 0 heterocycles. The molecule has 0 fully saturated rings. The van der Waals surface area contributed by atoms with Crippen LogP contribution in [-0.2, 0) is 0 Å². The van der Waals surface area contributed by atoms with Crippen LogP contribution < -0.4 is 9.80 Å². The summed E-state index contributed by atoms with van der Waals surface area (Å²) in [5.41, 5.74) is 14.0. The van der Waals surface area contributed by atoms with Gasteiger partial charge in [0.25, 0.3) is 0 Å². The Hall–Kier alpha value is -10.0. The molecule has 0 radical (unpaired) electrons. The lowest BCUT2D eigenvalue weighted by molar-refractivity contribution is 1.30. The van der Waals surface area contributed by atoms with Gasteiger partial charge >= 0.3 is 0 Å². The highest BCUT2D eigenvalue weighted by molar-refractivity contribution is 6.48. The van der Waals surface area contributed by atoms with E-state index >= 15 is 0 Å². The van der Waals surface area contributed by atoms with Gasteiger partial charge in [-0.05, 0) is 172 Å². The van der Waals surface area contributed by atoms with Crippen molar-refractivity contribution in [3.05, 3.63) is 288 Å². The Labute approximate surface area is 454 Å². The summed E-state index contributed by atoms with van der Waals surface area (Å²) in [7, 11) is 0. The lowest BCUT2D eigenvalue weighted by Gasteiger charge is -2.29. The van der Waals surface area contributed by atoms with Crippen LogP contribution in [0.2, 0.25) is 0 Å². The summed E-state index contributed by atoms with van der Waals surface area (Å²) in [6, 6.07) is 94.3. The number of anilines is 6. The highest BCUT2D eigenvalue weighted by Gasteiger charge is 2.25. The van der Waals surface area contributed by atoms with Gasteiger partial charge in [0.1, 0.15) is 0 Å². The van der Waals surface area contributed by atoms with Crippen LogP contribution in [-0.4, -0.2) is 0 Å². The van der Waals surface area contributed by atoms with Gasteiger partial charge < -0.3 is 9.80 Å². The van der Waals surface area contributed by atoms with Gasteiger partial charge in [-0.3, -0.25) is 0 Å². The summed E-state index contributed by atoms with van der Waals surface area (Å²) >= 11 is 0. The van der Waals surface area contributed by atoms with Crippen molar-refractivity contribution in [3.63, 3.8) is 0 Å². The van der Waals surface area contributed by atoms with Crippen molar-refractivity contribution < 1.29 is 0 Å². The molecule has 366 valence electrons. The zero-order valence-electron chi connectivity index (χ0n) is 43.5. The van der Waals surface area contributed by atoms with Crippen molar-refractivity contribution >= 4 is 145 Å². The summed E-state index contributed by atoms with van der Waals surface area (Å²) in [4.78, 5) is 4.85. The molecule has 0 amide bonds. The molecule has 15 aromatic carbocycles. The molecule has 2 nitrogen and oxygen atoms in total.